The minimum absolute atomic E-state index is 0.137. The van der Waals surface area contributed by atoms with Crippen LogP contribution in [0.5, 0.6) is 0 Å². The Morgan fingerprint density at radius 2 is 1.27 bits per heavy atom. The first kappa shape index (κ1) is 17.8. The summed E-state index contributed by atoms with van der Waals surface area (Å²) in [6.07, 6.45) is 4.37. The zero-order valence-electron chi connectivity index (χ0n) is 7.26. The fourth-order valence-corrected chi connectivity index (χ4v) is 2.25. The molecule has 0 atom stereocenters. The zero-order valence-corrected chi connectivity index (χ0v) is 11.3. The molecule has 0 unspecified atom stereocenters. The van der Waals surface area contributed by atoms with Gasteiger partial charge in [0.15, 0.2) is 0 Å². The Morgan fingerprint density at radius 1 is 1.09 bits per heavy atom. The van der Waals surface area contributed by atoms with Gasteiger partial charge in [0, 0.05) is 0 Å². The zero-order chi connectivity index (χ0) is 9.70. The number of hydrogen-bond donors (Lipinski definition) is 0. The van der Waals surface area contributed by atoms with Crippen molar-refractivity contribution in [3.8, 4) is 0 Å². The number of rotatable bonds is 3. The summed E-state index contributed by atoms with van der Waals surface area (Å²) in [6.45, 7) is 11.7. The normalized spacial score (nSPS) is 7.36. The van der Waals surface area contributed by atoms with Crippen molar-refractivity contribution in [2.45, 2.75) is 20.8 Å². The molecule has 0 rings (SSSR count). The number of halogens is 1. The monoisotopic (exact) mass is 375 g/mol. The molecule has 0 aliphatic heterocycles. The summed E-state index contributed by atoms with van der Waals surface area (Å²) in [7, 11) is 4.75. The molecule has 4 heteroatoms. The van der Waals surface area contributed by atoms with E-state index in [9.17, 15) is 0 Å². The molecule has 0 heterocycles. The SMILES string of the molecule is CC[PH+](CC)CC.[C-]#N.[Cl][Pt]. The van der Waals surface area contributed by atoms with Crippen LogP contribution in [0.15, 0.2) is 0 Å². The van der Waals surface area contributed by atoms with Crippen LogP contribution < -0.4 is 0 Å². The van der Waals surface area contributed by atoms with Gasteiger partial charge >= 0.3 is 28.2 Å². The Balaban J connectivity index is -0.000000138. The Labute approximate surface area is 87.1 Å². The molecule has 0 spiro atoms. The Morgan fingerprint density at radius 3 is 1.27 bits per heavy atom. The van der Waals surface area contributed by atoms with Crippen molar-refractivity contribution in [3.63, 3.8) is 0 Å². The summed E-state index contributed by atoms with van der Waals surface area (Å²) in [6, 6.07) is 0. The molecule has 0 amide bonds. The van der Waals surface area contributed by atoms with Crippen LogP contribution in [-0.2, 0) is 18.8 Å². The van der Waals surface area contributed by atoms with E-state index >= 15 is 0 Å². The van der Waals surface area contributed by atoms with Gasteiger partial charge in [0.2, 0.25) is 0 Å². The Hall–Kier alpha value is 0.898. The van der Waals surface area contributed by atoms with Gasteiger partial charge in [-0.1, -0.05) is 0 Å². The second-order valence-electron chi connectivity index (χ2n) is 1.81. The molecule has 0 aliphatic carbocycles. The van der Waals surface area contributed by atoms with Crippen LogP contribution >= 0.6 is 17.3 Å². The van der Waals surface area contributed by atoms with Crippen molar-refractivity contribution in [3.05, 3.63) is 6.57 Å². The molecule has 0 aromatic carbocycles. The predicted molar refractivity (Wildman–Crippen MR) is 50.8 cm³/mol. The van der Waals surface area contributed by atoms with E-state index < -0.39 is 0 Å². The summed E-state index contributed by atoms with van der Waals surface area (Å²) >= 11 is 1.61. The van der Waals surface area contributed by atoms with Crippen LogP contribution in [0.2, 0.25) is 0 Å². The average Bonchev–Trinajstić information content (AvgIpc) is 2.14. The third-order valence-electron chi connectivity index (χ3n) is 1.50. The fraction of sp³-hybridized carbons (Fsp3) is 0.857. The van der Waals surface area contributed by atoms with Crippen LogP contribution in [0.1, 0.15) is 20.8 Å². The van der Waals surface area contributed by atoms with Crippen LogP contribution in [0.4, 0.5) is 0 Å². The van der Waals surface area contributed by atoms with E-state index in [2.05, 4.69) is 30.2 Å². The van der Waals surface area contributed by atoms with E-state index in [1.165, 1.54) is 18.5 Å². The van der Waals surface area contributed by atoms with Crippen molar-refractivity contribution >= 4 is 17.3 Å². The average molecular weight is 376 g/mol. The summed E-state index contributed by atoms with van der Waals surface area (Å²) in [5.74, 6) is 0. The van der Waals surface area contributed by atoms with Crippen LogP contribution in [0.25, 0.3) is 0 Å². The first-order chi connectivity index (χ1) is 5.35. The molecule has 0 aromatic heterocycles. The maximum absolute atomic E-state index is 6.25. The van der Waals surface area contributed by atoms with Gasteiger partial charge in [0.05, 0.1) is 18.5 Å². The van der Waals surface area contributed by atoms with Gasteiger partial charge in [-0.2, -0.15) is 0 Å². The minimum atomic E-state index is 0.137. The molecule has 0 bridgehead atoms. The quantitative estimate of drug-likeness (QED) is 0.549. The summed E-state index contributed by atoms with van der Waals surface area (Å²) in [5.41, 5.74) is 0. The molecule has 0 aliphatic rings. The molecular weight excluding hydrogens is 360 g/mol. The third kappa shape index (κ3) is 18.1. The first-order valence-electron chi connectivity index (χ1n) is 3.53. The van der Waals surface area contributed by atoms with Crippen LogP contribution in [0, 0.1) is 11.8 Å². The van der Waals surface area contributed by atoms with E-state index in [-0.39, 0.29) is 7.92 Å². The van der Waals surface area contributed by atoms with E-state index in [1.54, 1.807) is 18.8 Å². The second-order valence-corrected chi connectivity index (χ2v) is 5.43. The first-order valence-corrected chi connectivity index (χ1v) is 8.46. The van der Waals surface area contributed by atoms with Gasteiger partial charge in [-0.25, -0.2) is 0 Å². The van der Waals surface area contributed by atoms with E-state index in [0.29, 0.717) is 0 Å². The van der Waals surface area contributed by atoms with Gasteiger partial charge in [0.25, 0.3) is 0 Å². The standard InChI is InChI=1S/C6H15P.CN.ClH.Pt/c1-4-7(5-2)6-3;1-2;;/h4-6H2,1-3H3;;1H;/q;-1;;+1. The fourth-order valence-electron chi connectivity index (χ4n) is 0.750. The van der Waals surface area contributed by atoms with Crippen LogP contribution in [-0.4, -0.2) is 18.5 Å². The maximum atomic E-state index is 6.25. The van der Waals surface area contributed by atoms with Gasteiger partial charge in [0.1, 0.15) is 0 Å². The van der Waals surface area contributed by atoms with Gasteiger partial charge in [-0.15, -0.1) is 0 Å². The van der Waals surface area contributed by atoms with Gasteiger partial charge in [-0.05, 0) is 28.7 Å². The molecule has 11 heavy (non-hydrogen) atoms. The molecule has 0 saturated heterocycles. The van der Waals surface area contributed by atoms with Crippen molar-refractivity contribution in [1.82, 2.24) is 0 Å². The third-order valence-corrected chi connectivity index (χ3v) is 4.50. The van der Waals surface area contributed by atoms with E-state index in [4.69, 9.17) is 11.8 Å². The van der Waals surface area contributed by atoms with E-state index in [0.717, 1.165) is 0 Å². The second kappa shape index (κ2) is 22.4. The van der Waals surface area contributed by atoms with Crippen molar-refractivity contribution in [2.75, 3.05) is 18.5 Å². The molecule has 0 N–H and O–H groups in total. The Bertz CT molecular complexity index is 61.2. The van der Waals surface area contributed by atoms with Gasteiger partial charge < -0.3 is 11.8 Å². The van der Waals surface area contributed by atoms with Crippen molar-refractivity contribution in [2.24, 2.45) is 0 Å². The predicted octanol–water partition coefficient (Wildman–Crippen LogP) is 3.04. The van der Waals surface area contributed by atoms with Gasteiger partial charge in [-0.3, -0.25) is 0 Å². The molecule has 0 saturated carbocycles. The topological polar surface area (TPSA) is 23.8 Å². The van der Waals surface area contributed by atoms with Crippen LogP contribution in [0.3, 0.4) is 0 Å². The van der Waals surface area contributed by atoms with Crippen molar-refractivity contribution in [1.29, 1.82) is 5.26 Å². The molecule has 0 radical (unpaired) electrons. The molecule has 1 nitrogen and oxygen atoms in total. The number of hydrogen-bond acceptors (Lipinski definition) is 1. The molecule has 0 aromatic rings. The number of nitrogens with zero attached hydrogens (tertiary/aromatic N) is 1. The molecular formula is C7H16ClNPPt. The van der Waals surface area contributed by atoms with Crippen molar-refractivity contribution < 1.29 is 18.8 Å². The molecule has 71 valence electrons. The Kier molecular flexibility index (Phi) is 36.4. The molecule has 0 fully saturated rings. The summed E-state index contributed by atoms with van der Waals surface area (Å²) < 4.78 is 0. The van der Waals surface area contributed by atoms with E-state index in [1.807, 2.05) is 0 Å². The summed E-state index contributed by atoms with van der Waals surface area (Å²) in [5, 5.41) is 6.25. The summed E-state index contributed by atoms with van der Waals surface area (Å²) in [4.78, 5) is 0.